The van der Waals surface area contributed by atoms with Crippen molar-refractivity contribution in [2.75, 3.05) is 13.7 Å². The molecule has 1 aromatic rings. The molecule has 1 atom stereocenters. The number of alkyl halides is 3. The largest absolute Gasteiger partial charge is 0.496 e. The van der Waals surface area contributed by atoms with Crippen LogP contribution < -0.4 is 4.74 Å². The molecule has 5 heteroatoms. The van der Waals surface area contributed by atoms with Crippen LogP contribution in [-0.4, -0.2) is 13.7 Å². The van der Waals surface area contributed by atoms with Gasteiger partial charge in [0.15, 0.2) is 0 Å². The number of ether oxygens (including phenoxy) is 2. The Balaban J connectivity index is 2.40. The summed E-state index contributed by atoms with van der Waals surface area (Å²) >= 11 is 0. The lowest BCUT2D eigenvalue weighted by Gasteiger charge is -2.11. The quantitative estimate of drug-likeness (QED) is 0.712. The van der Waals surface area contributed by atoms with Crippen LogP contribution in [0.25, 0.3) is 0 Å². The van der Waals surface area contributed by atoms with Crippen molar-refractivity contribution in [3.05, 3.63) is 29.3 Å². The number of hydrogen-bond acceptors (Lipinski definition) is 2. The summed E-state index contributed by atoms with van der Waals surface area (Å²) in [5.41, 5.74) is -0.207. The Labute approximate surface area is 84.6 Å². The molecule has 0 saturated carbocycles. The van der Waals surface area contributed by atoms with E-state index in [9.17, 15) is 13.2 Å². The van der Waals surface area contributed by atoms with Crippen LogP contribution >= 0.6 is 0 Å². The van der Waals surface area contributed by atoms with Gasteiger partial charge in [-0.1, -0.05) is 0 Å². The molecule has 2 rings (SSSR count). The number of rotatable bonds is 2. The second-order valence-corrected chi connectivity index (χ2v) is 3.28. The second kappa shape index (κ2) is 3.41. The molecule has 2 nitrogen and oxygen atoms in total. The van der Waals surface area contributed by atoms with Gasteiger partial charge in [0.25, 0.3) is 0 Å². The van der Waals surface area contributed by atoms with E-state index in [0.717, 1.165) is 12.1 Å². The van der Waals surface area contributed by atoms with Gasteiger partial charge in [-0.2, -0.15) is 13.2 Å². The fraction of sp³-hybridized carbons (Fsp3) is 0.400. The standard InChI is InChI=1S/C10H9F3O2/c1-14-8-3-2-6(10(11,12)13)4-7(8)9-5-15-9/h2-4,9H,5H2,1H3. The van der Waals surface area contributed by atoms with Crippen molar-refractivity contribution in [3.63, 3.8) is 0 Å². The zero-order valence-electron chi connectivity index (χ0n) is 7.97. The van der Waals surface area contributed by atoms with Gasteiger partial charge in [-0.3, -0.25) is 0 Å². The number of benzene rings is 1. The molecule has 82 valence electrons. The fourth-order valence-electron chi connectivity index (χ4n) is 1.39. The molecule has 0 aromatic heterocycles. The van der Waals surface area contributed by atoms with Crippen LogP contribution in [0.4, 0.5) is 13.2 Å². The monoisotopic (exact) mass is 218 g/mol. The van der Waals surface area contributed by atoms with Crippen LogP contribution in [-0.2, 0) is 10.9 Å². The summed E-state index contributed by atoms with van der Waals surface area (Å²) in [6, 6.07) is 3.40. The summed E-state index contributed by atoms with van der Waals surface area (Å²) in [5.74, 6) is 0.436. The summed E-state index contributed by atoms with van der Waals surface area (Å²) in [7, 11) is 1.43. The maximum Gasteiger partial charge on any atom is 0.416 e. The van der Waals surface area contributed by atoms with Crippen LogP contribution in [0.1, 0.15) is 17.2 Å². The lowest BCUT2D eigenvalue weighted by atomic mass is 10.1. The number of hydrogen-bond donors (Lipinski definition) is 0. The lowest BCUT2D eigenvalue weighted by Crippen LogP contribution is -2.06. The van der Waals surface area contributed by atoms with E-state index in [2.05, 4.69) is 0 Å². The molecule has 1 saturated heterocycles. The van der Waals surface area contributed by atoms with Gasteiger partial charge in [-0.15, -0.1) is 0 Å². The molecule has 1 heterocycles. The molecular formula is C10H9F3O2. The third kappa shape index (κ3) is 2.07. The smallest absolute Gasteiger partial charge is 0.416 e. The van der Waals surface area contributed by atoms with Gasteiger partial charge < -0.3 is 9.47 Å². The highest BCUT2D eigenvalue weighted by Crippen LogP contribution is 2.40. The molecule has 1 aromatic carbocycles. The normalized spacial score (nSPS) is 20.1. The van der Waals surface area contributed by atoms with E-state index in [0.29, 0.717) is 17.9 Å². The van der Waals surface area contributed by atoms with Gasteiger partial charge in [0, 0.05) is 5.56 Å². The maximum absolute atomic E-state index is 12.4. The Morgan fingerprint density at radius 3 is 2.53 bits per heavy atom. The van der Waals surface area contributed by atoms with Crippen molar-refractivity contribution in [3.8, 4) is 5.75 Å². The molecule has 1 aliphatic heterocycles. The number of methoxy groups -OCH3 is 1. The van der Waals surface area contributed by atoms with E-state index >= 15 is 0 Å². The topological polar surface area (TPSA) is 21.8 Å². The average molecular weight is 218 g/mol. The van der Waals surface area contributed by atoms with Gasteiger partial charge in [0.2, 0.25) is 0 Å². The predicted octanol–water partition coefficient (Wildman–Crippen LogP) is 2.79. The Morgan fingerprint density at radius 2 is 2.07 bits per heavy atom. The summed E-state index contributed by atoms with van der Waals surface area (Å²) in [6.07, 6.45) is -4.57. The third-order valence-corrected chi connectivity index (χ3v) is 2.24. The van der Waals surface area contributed by atoms with Crippen LogP contribution in [0.2, 0.25) is 0 Å². The van der Waals surface area contributed by atoms with Gasteiger partial charge in [-0.25, -0.2) is 0 Å². The summed E-state index contributed by atoms with van der Waals surface area (Å²) in [5, 5.41) is 0. The van der Waals surface area contributed by atoms with E-state index < -0.39 is 11.7 Å². The predicted molar refractivity (Wildman–Crippen MR) is 46.7 cm³/mol. The van der Waals surface area contributed by atoms with Gasteiger partial charge in [0.05, 0.1) is 19.3 Å². The van der Waals surface area contributed by atoms with Crippen LogP contribution in [0, 0.1) is 0 Å². The molecule has 1 unspecified atom stereocenters. The maximum atomic E-state index is 12.4. The summed E-state index contributed by atoms with van der Waals surface area (Å²) < 4.78 is 47.1. The molecule has 0 radical (unpaired) electrons. The second-order valence-electron chi connectivity index (χ2n) is 3.28. The van der Waals surface area contributed by atoms with Gasteiger partial charge in [0.1, 0.15) is 11.9 Å². The molecular weight excluding hydrogens is 209 g/mol. The first-order valence-electron chi connectivity index (χ1n) is 4.39. The van der Waals surface area contributed by atoms with Crippen molar-refractivity contribution in [1.29, 1.82) is 0 Å². The lowest BCUT2D eigenvalue weighted by molar-refractivity contribution is -0.137. The highest BCUT2D eigenvalue weighted by atomic mass is 19.4. The van der Waals surface area contributed by atoms with Gasteiger partial charge in [-0.05, 0) is 18.2 Å². The molecule has 0 spiro atoms. The molecule has 15 heavy (non-hydrogen) atoms. The van der Waals surface area contributed by atoms with Crippen molar-refractivity contribution in [2.45, 2.75) is 12.3 Å². The van der Waals surface area contributed by atoms with Crippen molar-refractivity contribution in [1.82, 2.24) is 0 Å². The van der Waals surface area contributed by atoms with E-state index in [4.69, 9.17) is 9.47 Å². The van der Waals surface area contributed by atoms with Crippen LogP contribution in [0.5, 0.6) is 5.75 Å². The Bertz CT molecular complexity index is 369. The zero-order valence-corrected chi connectivity index (χ0v) is 7.97. The SMILES string of the molecule is COc1ccc(C(F)(F)F)cc1C1CO1. The first-order valence-corrected chi connectivity index (χ1v) is 4.39. The molecule has 0 aliphatic carbocycles. The first kappa shape index (κ1) is 10.3. The van der Waals surface area contributed by atoms with Gasteiger partial charge >= 0.3 is 6.18 Å². The van der Waals surface area contributed by atoms with Crippen LogP contribution in [0.3, 0.4) is 0 Å². The Morgan fingerprint density at radius 1 is 1.40 bits per heavy atom. The fourth-order valence-corrected chi connectivity index (χ4v) is 1.39. The van der Waals surface area contributed by atoms with Crippen molar-refractivity contribution >= 4 is 0 Å². The minimum atomic E-state index is -4.32. The molecule has 0 amide bonds. The van der Waals surface area contributed by atoms with Crippen molar-refractivity contribution in [2.24, 2.45) is 0 Å². The molecule has 0 N–H and O–H groups in total. The van der Waals surface area contributed by atoms with Crippen LogP contribution in [0.15, 0.2) is 18.2 Å². The molecule has 0 bridgehead atoms. The minimum absolute atomic E-state index is 0.248. The van der Waals surface area contributed by atoms with E-state index in [1.807, 2.05) is 0 Å². The summed E-state index contributed by atoms with van der Waals surface area (Å²) in [4.78, 5) is 0. The number of epoxide rings is 1. The average Bonchev–Trinajstić information content (AvgIpc) is 2.98. The third-order valence-electron chi connectivity index (χ3n) is 2.24. The molecule has 1 aliphatic rings. The number of halogens is 3. The summed E-state index contributed by atoms with van der Waals surface area (Å²) in [6.45, 7) is 0.456. The Kier molecular flexibility index (Phi) is 2.34. The highest BCUT2D eigenvalue weighted by Gasteiger charge is 2.34. The highest BCUT2D eigenvalue weighted by molar-refractivity contribution is 5.41. The van der Waals surface area contributed by atoms with E-state index in [1.54, 1.807) is 0 Å². The van der Waals surface area contributed by atoms with Crippen molar-refractivity contribution < 1.29 is 22.6 Å². The zero-order chi connectivity index (χ0) is 11.1. The Hall–Kier alpha value is -1.23. The van der Waals surface area contributed by atoms with E-state index in [1.165, 1.54) is 13.2 Å². The minimum Gasteiger partial charge on any atom is -0.496 e. The first-order chi connectivity index (χ1) is 7.02. The van der Waals surface area contributed by atoms with E-state index in [-0.39, 0.29) is 6.10 Å². The molecule has 1 fully saturated rings.